The number of rotatable bonds is 10. The fourth-order valence-electron chi connectivity index (χ4n) is 1.62. The summed E-state index contributed by atoms with van der Waals surface area (Å²) in [5, 5.41) is 0. The number of benzene rings is 1. The lowest BCUT2D eigenvalue weighted by atomic mass is 10.2. The molecule has 1 aromatic carbocycles. The van der Waals surface area contributed by atoms with Gasteiger partial charge in [0, 0.05) is 11.6 Å². The Morgan fingerprint density at radius 3 is 2.54 bits per heavy atom. The summed E-state index contributed by atoms with van der Waals surface area (Å²) < 4.78 is 15.5. The lowest BCUT2D eigenvalue weighted by molar-refractivity contribution is -0.156. The van der Waals surface area contributed by atoms with E-state index >= 15 is 0 Å². The highest BCUT2D eigenvalue weighted by Crippen LogP contribution is 2.03. The Morgan fingerprint density at radius 2 is 1.92 bits per heavy atom. The van der Waals surface area contributed by atoms with E-state index in [-0.39, 0.29) is 18.8 Å². The van der Waals surface area contributed by atoms with Crippen LogP contribution in [-0.2, 0) is 23.8 Å². The Balaban J connectivity index is 2.43. The molecular formula is C19H22O5. The molecular weight excluding hydrogens is 308 g/mol. The van der Waals surface area contributed by atoms with Gasteiger partial charge in [0.25, 0.3) is 0 Å². The molecule has 0 aliphatic rings. The van der Waals surface area contributed by atoms with Crippen LogP contribution in [0.2, 0.25) is 0 Å². The second-order valence-electron chi connectivity index (χ2n) is 4.99. The largest absolute Gasteiger partial charge is 0.458 e. The molecule has 0 saturated carbocycles. The first-order valence-electron chi connectivity index (χ1n) is 7.48. The SMILES string of the molecule is C=CC(=O)OCC(COCC=Cc1ccccc1)OC(=O)C(=C)C. The smallest absolute Gasteiger partial charge is 0.333 e. The molecule has 24 heavy (non-hydrogen) atoms. The van der Waals surface area contributed by atoms with Crippen LogP contribution in [0.3, 0.4) is 0 Å². The number of hydrogen-bond donors (Lipinski definition) is 0. The van der Waals surface area contributed by atoms with Gasteiger partial charge in [-0.15, -0.1) is 0 Å². The van der Waals surface area contributed by atoms with Crippen molar-refractivity contribution in [1.29, 1.82) is 0 Å². The average molecular weight is 330 g/mol. The van der Waals surface area contributed by atoms with E-state index < -0.39 is 18.0 Å². The molecule has 0 aromatic heterocycles. The molecule has 0 fully saturated rings. The molecule has 0 aliphatic carbocycles. The summed E-state index contributed by atoms with van der Waals surface area (Å²) >= 11 is 0. The predicted molar refractivity (Wildman–Crippen MR) is 92.1 cm³/mol. The minimum atomic E-state index is -0.705. The summed E-state index contributed by atoms with van der Waals surface area (Å²) in [6.07, 6.45) is 4.11. The molecule has 5 nitrogen and oxygen atoms in total. The minimum absolute atomic E-state index is 0.0998. The van der Waals surface area contributed by atoms with Crippen molar-refractivity contribution in [2.45, 2.75) is 13.0 Å². The molecule has 1 rings (SSSR count). The van der Waals surface area contributed by atoms with Crippen molar-refractivity contribution in [3.05, 3.63) is 66.8 Å². The third-order valence-electron chi connectivity index (χ3n) is 2.83. The van der Waals surface area contributed by atoms with Crippen LogP contribution in [0.25, 0.3) is 6.08 Å². The van der Waals surface area contributed by atoms with Crippen LogP contribution in [0, 0.1) is 0 Å². The summed E-state index contributed by atoms with van der Waals surface area (Å²) in [6.45, 7) is 8.69. The fraction of sp³-hybridized carbons (Fsp3) is 0.263. The van der Waals surface area contributed by atoms with Gasteiger partial charge in [0.1, 0.15) is 6.61 Å². The number of ether oxygens (including phenoxy) is 3. The first-order valence-corrected chi connectivity index (χ1v) is 7.48. The molecule has 1 unspecified atom stereocenters. The van der Waals surface area contributed by atoms with Gasteiger partial charge in [-0.1, -0.05) is 55.6 Å². The number of carbonyl (C=O) groups excluding carboxylic acids is 2. The standard InChI is InChI=1S/C19H22O5/c1-4-18(20)23-14-17(24-19(21)15(2)3)13-22-12-8-11-16-9-6-5-7-10-16/h4-11,17H,1-2,12-14H2,3H3. The molecule has 128 valence electrons. The van der Waals surface area contributed by atoms with Crippen LogP contribution in [-0.4, -0.2) is 37.9 Å². The molecule has 0 N–H and O–H groups in total. The Hall–Kier alpha value is -2.66. The maximum Gasteiger partial charge on any atom is 0.333 e. The number of carbonyl (C=O) groups is 2. The predicted octanol–water partition coefficient (Wildman–Crippen LogP) is 2.93. The second kappa shape index (κ2) is 11.0. The maximum absolute atomic E-state index is 11.6. The zero-order valence-corrected chi connectivity index (χ0v) is 13.8. The fourth-order valence-corrected chi connectivity index (χ4v) is 1.62. The molecule has 0 aliphatic heterocycles. The molecule has 0 heterocycles. The van der Waals surface area contributed by atoms with E-state index in [9.17, 15) is 9.59 Å². The molecule has 0 bridgehead atoms. The van der Waals surface area contributed by atoms with Crippen LogP contribution >= 0.6 is 0 Å². The summed E-state index contributed by atoms with van der Waals surface area (Å²) in [5.41, 5.74) is 1.32. The Kier molecular flexibility index (Phi) is 8.86. The topological polar surface area (TPSA) is 61.8 Å². The van der Waals surface area contributed by atoms with Gasteiger partial charge in [0.2, 0.25) is 0 Å². The van der Waals surface area contributed by atoms with Crippen LogP contribution < -0.4 is 0 Å². The minimum Gasteiger partial charge on any atom is -0.458 e. The Labute approximate surface area is 142 Å². The van der Waals surface area contributed by atoms with Gasteiger partial charge in [-0.2, -0.15) is 0 Å². The van der Waals surface area contributed by atoms with E-state index in [1.165, 1.54) is 0 Å². The van der Waals surface area contributed by atoms with Crippen LogP contribution in [0.1, 0.15) is 12.5 Å². The van der Waals surface area contributed by atoms with Crippen molar-refractivity contribution in [3.63, 3.8) is 0 Å². The summed E-state index contributed by atoms with van der Waals surface area (Å²) in [7, 11) is 0. The molecule has 0 amide bonds. The van der Waals surface area contributed by atoms with Gasteiger partial charge in [0.15, 0.2) is 6.10 Å². The van der Waals surface area contributed by atoms with Crippen molar-refractivity contribution < 1.29 is 23.8 Å². The van der Waals surface area contributed by atoms with Gasteiger partial charge >= 0.3 is 11.9 Å². The monoisotopic (exact) mass is 330 g/mol. The zero-order chi connectivity index (χ0) is 17.8. The normalized spacial score (nSPS) is 11.7. The van der Waals surface area contributed by atoms with Crippen LogP contribution in [0.4, 0.5) is 0 Å². The highest BCUT2D eigenvalue weighted by molar-refractivity contribution is 5.87. The van der Waals surface area contributed by atoms with Gasteiger partial charge in [-0.3, -0.25) is 0 Å². The molecule has 1 atom stereocenters. The molecule has 0 radical (unpaired) electrons. The number of esters is 2. The van der Waals surface area contributed by atoms with E-state index in [0.717, 1.165) is 11.6 Å². The quantitative estimate of drug-likeness (QED) is 0.375. The first kappa shape index (κ1) is 19.4. The third-order valence-corrected chi connectivity index (χ3v) is 2.83. The summed E-state index contributed by atoms with van der Waals surface area (Å²) in [6, 6.07) is 9.79. The van der Waals surface area contributed by atoms with Gasteiger partial charge in [0.05, 0.1) is 13.2 Å². The molecule has 5 heteroatoms. The Bertz CT molecular complexity index is 589. The van der Waals surface area contributed by atoms with E-state index in [0.29, 0.717) is 6.61 Å². The lowest BCUT2D eigenvalue weighted by Gasteiger charge is -2.17. The van der Waals surface area contributed by atoms with Crippen molar-refractivity contribution in [1.82, 2.24) is 0 Å². The molecule has 0 spiro atoms. The summed E-state index contributed by atoms with van der Waals surface area (Å²) in [4.78, 5) is 22.7. The zero-order valence-electron chi connectivity index (χ0n) is 13.8. The average Bonchev–Trinajstić information content (AvgIpc) is 2.59. The van der Waals surface area contributed by atoms with Crippen LogP contribution in [0.5, 0.6) is 0 Å². The lowest BCUT2D eigenvalue weighted by Crippen LogP contribution is -2.29. The number of hydrogen-bond acceptors (Lipinski definition) is 5. The molecule has 0 saturated heterocycles. The van der Waals surface area contributed by atoms with Gasteiger partial charge in [-0.25, -0.2) is 9.59 Å². The van der Waals surface area contributed by atoms with E-state index in [1.54, 1.807) is 6.92 Å². The van der Waals surface area contributed by atoms with E-state index in [4.69, 9.17) is 14.2 Å². The van der Waals surface area contributed by atoms with E-state index in [1.807, 2.05) is 42.5 Å². The van der Waals surface area contributed by atoms with Crippen molar-refractivity contribution in [2.24, 2.45) is 0 Å². The highest BCUT2D eigenvalue weighted by atomic mass is 16.6. The Morgan fingerprint density at radius 1 is 1.21 bits per heavy atom. The third kappa shape index (κ3) is 8.10. The maximum atomic E-state index is 11.6. The van der Waals surface area contributed by atoms with E-state index in [2.05, 4.69) is 13.2 Å². The summed E-state index contributed by atoms with van der Waals surface area (Å²) in [5.74, 6) is -1.14. The van der Waals surface area contributed by atoms with Crippen molar-refractivity contribution in [3.8, 4) is 0 Å². The van der Waals surface area contributed by atoms with Crippen molar-refractivity contribution >= 4 is 18.0 Å². The van der Waals surface area contributed by atoms with Gasteiger partial charge in [-0.05, 0) is 12.5 Å². The van der Waals surface area contributed by atoms with Crippen LogP contribution in [0.15, 0.2) is 61.2 Å². The van der Waals surface area contributed by atoms with Crippen molar-refractivity contribution in [2.75, 3.05) is 19.8 Å². The second-order valence-corrected chi connectivity index (χ2v) is 4.99. The molecule has 1 aromatic rings. The first-order chi connectivity index (χ1) is 11.5. The van der Waals surface area contributed by atoms with Gasteiger partial charge < -0.3 is 14.2 Å². The highest BCUT2D eigenvalue weighted by Gasteiger charge is 2.17.